The molecule has 0 unspecified atom stereocenters. The van der Waals surface area contributed by atoms with Gasteiger partial charge in [-0.2, -0.15) is 0 Å². The maximum atomic E-state index is 5.54. The van der Waals surface area contributed by atoms with Crippen LogP contribution in [-0.4, -0.2) is 4.57 Å². The summed E-state index contributed by atoms with van der Waals surface area (Å²) in [5.74, 6) is 0.881. The minimum absolute atomic E-state index is 0.319. The van der Waals surface area contributed by atoms with Crippen molar-refractivity contribution in [2.24, 2.45) is 4.99 Å². The van der Waals surface area contributed by atoms with Crippen molar-refractivity contribution in [1.82, 2.24) is 4.57 Å². The highest BCUT2D eigenvalue weighted by atomic mass is 32.1. The van der Waals surface area contributed by atoms with Gasteiger partial charge in [0.2, 0.25) is 0 Å². The molecule has 2 heterocycles. The maximum absolute atomic E-state index is 5.54. The first kappa shape index (κ1) is 13.9. The van der Waals surface area contributed by atoms with Crippen LogP contribution in [0.1, 0.15) is 25.5 Å². The molecule has 21 heavy (non-hydrogen) atoms. The monoisotopic (exact) mass is 298 g/mol. The summed E-state index contributed by atoms with van der Waals surface area (Å²) in [5, 5.41) is 2.11. The van der Waals surface area contributed by atoms with E-state index >= 15 is 0 Å². The number of hydrogen-bond acceptors (Lipinski definition) is 3. The van der Waals surface area contributed by atoms with E-state index < -0.39 is 0 Å². The van der Waals surface area contributed by atoms with Crippen LogP contribution < -0.4 is 4.80 Å². The second-order valence-electron chi connectivity index (χ2n) is 5.24. The summed E-state index contributed by atoms with van der Waals surface area (Å²) in [4.78, 5) is 5.82. The number of hydrogen-bond donors (Lipinski definition) is 0. The van der Waals surface area contributed by atoms with E-state index in [1.807, 2.05) is 30.3 Å². The topological polar surface area (TPSA) is 30.4 Å². The molecule has 4 heteroatoms. The third-order valence-corrected chi connectivity index (χ3v) is 4.20. The molecule has 0 fully saturated rings. The predicted octanol–water partition coefficient (Wildman–Crippen LogP) is 4.93. The van der Waals surface area contributed by atoms with Gasteiger partial charge in [-0.1, -0.05) is 18.2 Å². The number of benzene rings is 1. The first-order valence-electron chi connectivity index (χ1n) is 7.01. The SMILES string of the molecule is Cc1ccccc1N=c1scc(-c2ccco2)n1C(C)C. The van der Waals surface area contributed by atoms with E-state index in [4.69, 9.17) is 9.41 Å². The molecule has 0 N–H and O–H groups in total. The highest BCUT2D eigenvalue weighted by molar-refractivity contribution is 7.07. The third-order valence-electron chi connectivity index (χ3n) is 3.36. The van der Waals surface area contributed by atoms with Crippen LogP contribution in [0.2, 0.25) is 0 Å². The maximum Gasteiger partial charge on any atom is 0.190 e. The highest BCUT2D eigenvalue weighted by Crippen LogP contribution is 2.24. The molecule has 0 saturated carbocycles. The van der Waals surface area contributed by atoms with Crippen LogP contribution in [0.5, 0.6) is 0 Å². The number of thiazole rings is 1. The second kappa shape index (κ2) is 5.74. The Bertz CT molecular complexity index is 794. The molecule has 3 rings (SSSR count). The molecule has 1 aromatic carbocycles. The fourth-order valence-electron chi connectivity index (χ4n) is 2.30. The van der Waals surface area contributed by atoms with Crippen molar-refractivity contribution in [3.05, 3.63) is 58.4 Å². The largest absolute Gasteiger partial charge is 0.463 e. The van der Waals surface area contributed by atoms with Crippen LogP contribution in [0.3, 0.4) is 0 Å². The van der Waals surface area contributed by atoms with Crippen molar-refractivity contribution in [1.29, 1.82) is 0 Å². The Morgan fingerprint density at radius 2 is 1.95 bits per heavy atom. The Morgan fingerprint density at radius 1 is 1.14 bits per heavy atom. The van der Waals surface area contributed by atoms with E-state index in [1.165, 1.54) is 5.56 Å². The standard InChI is InChI=1S/C17H18N2OS/c1-12(2)19-15(16-9-6-10-20-16)11-21-17(19)18-14-8-5-4-7-13(14)3/h4-12H,1-3H3. The molecule has 0 radical (unpaired) electrons. The van der Waals surface area contributed by atoms with Crippen molar-refractivity contribution >= 4 is 17.0 Å². The van der Waals surface area contributed by atoms with Crippen LogP contribution in [0, 0.1) is 6.92 Å². The van der Waals surface area contributed by atoms with Crippen LogP contribution in [0.25, 0.3) is 11.5 Å². The average Bonchev–Trinajstić information content (AvgIpc) is 3.09. The lowest BCUT2D eigenvalue weighted by atomic mass is 10.2. The van der Waals surface area contributed by atoms with Crippen molar-refractivity contribution in [3.8, 4) is 11.5 Å². The number of aryl methyl sites for hydroxylation is 1. The van der Waals surface area contributed by atoms with E-state index in [2.05, 4.69) is 36.8 Å². The van der Waals surface area contributed by atoms with E-state index in [-0.39, 0.29) is 0 Å². The van der Waals surface area contributed by atoms with Crippen molar-refractivity contribution in [2.75, 3.05) is 0 Å². The smallest absolute Gasteiger partial charge is 0.190 e. The summed E-state index contributed by atoms with van der Waals surface area (Å²) in [6.45, 7) is 6.41. The van der Waals surface area contributed by atoms with Gasteiger partial charge in [0.05, 0.1) is 17.6 Å². The number of para-hydroxylation sites is 1. The zero-order valence-corrected chi connectivity index (χ0v) is 13.2. The van der Waals surface area contributed by atoms with Gasteiger partial charge >= 0.3 is 0 Å². The van der Waals surface area contributed by atoms with Gasteiger partial charge in [-0.25, -0.2) is 4.99 Å². The second-order valence-corrected chi connectivity index (χ2v) is 6.08. The Kier molecular flexibility index (Phi) is 3.80. The lowest BCUT2D eigenvalue weighted by Crippen LogP contribution is -2.17. The lowest BCUT2D eigenvalue weighted by Gasteiger charge is -2.11. The normalized spacial score (nSPS) is 12.3. The van der Waals surface area contributed by atoms with Crippen LogP contribution in [-0.2, 0) is 0 Å². The lowest BCUT2D eigenvalue weighted by molar-refractivity contribution is 0.548. The van der Waals surface area contributed by atoms with E-state index in [0.717, 1.165) is 21.9 Å². The zero-order chi connectivity index (χ0) is 14.8. The van der Waals surface area contributed by atoms with E-state index in [1.54, 1.807) is 17.6 Å². The highest BCUT2D eigenvalue weighted by Gasteiger charge is 2.12. The molecule has 0 aliphatic carbocycles. The molecule has 0 aliphatic rings. The molecule has 0 spiro atoms. The van der Waals surface area contributed by atoms with E-state index in [0.29, 0.717) is 6.04 Å². The molecule has 0 amide bonds. The molecule has 0 aliphatic heterocycles. The predicted molar refractivity (Wildman–Crippen MR) is 86.8 cm³/mol. The first-order chi connectivity index (χ1) is 10.2. The number of aromatic nitrogens is 1. The van der Waals surface area contributed by atoms with Crippen LogP contribution >= 0.6 is 11.3 Å². The molecule has 3 aromatic rings. The summed E-state index contributed by atoms with van der Waals surface area (Å²) in [5.41, 5.74) is 3.27. The molecule has 2 aromatic heterocycles. The molecular weight excluding hydrogens is 280 g/mol. The summed E-state index contributed by atoms with van der Waals surface area (Å²) < 4.78 is 7.76. The number of furan rings is 1. The molecule has 3 nitrogen and oxygen atoms in total. The summed E-state index contributed by atoms with van der Waals surface area (Å²) in [6.07, 6.45) is 1.70. The quantitative estimate of drug-likeness (QED) is 0.674. The van der Waals surface area contributed by atoms with Gasteiger partial charge in [-0.15, -0.1) is 11.3 Å². The summed E-state index contributed by atoms with van der Waals surface area (Å²) in [7, 11) is 0. The van der Waals surface area contributed by atoms with Gasteiger partial charge in [0.1, 0.15) is 0 Å². The molecule has 108 valence electrons. The van der Waals surface area contributed by atoms with E-state index in [9.17, 15) is 0 Å². The fraction of sp³-hybridized carbons (Fsp3) is 0.235. The van der Waals surface area contributed by atoms with Crippen molar-refractivity contribution < 1.29 is 4.42 Å². The third kappa shape index (κ3) is 2.72. The minimum Gasteiger partial charge on any atom is -0.463 e. The molecule has 0 saturated heterocycles. The number of nitrogens with zero attached hydrogens (tertiary/aromatic N) is 2. The van der Waals surface area contributed by atoms with Gasteiger partial charge < -0.3 is 8.98 Å². The van der Waals surface area contributed by atoms with Crippen molar-refractivity contribution in [3.63, 3.8) is 0 Å². The fourth-order valence-corrected chi connectivity index (χ4v) is 3.32. The van der Waals surface area contributed by atoms with Gasteiger partial charge in [0.25, 0.3) is 0 Å². The molecular formula is C17H18N2OS. The molecule has 0 bridgehead atoms. The average molecular weight is 298 g/mol. The van der Waals surface area contributed by atoms with Gasteiger partial charge in [0, 0.05) is 11.4 Å². The first-order valence-corrected chi connectivity index (χ1v) is 7.89. The Balaban J connectivity index is 2.18. The van der Waals surface area contributed by atoms with Gasteiger partial charge in [0.15, 0.2) is 10.6 Å². The summed E-state index contributed by atoms with van der Waals surface area (Å²) in [6, 6.07) is 12.4. The minimum atomic E-state index is 0.319. The Hall–Kier alpha value is -2.07. The van der Waals surface area contributed by atoms with Crippen molar-refractivity contribution in [2.45, 2.75) is 26.8 Å². The molecule has 0 atom stereocenters. The Morgan fingerprint density at radius 3 is 2.62 bits per heavy atom. The zero-order valence-electron chi connectivity index (χ0n) is 12.4. The van der Waals surface area contributed by atoms with Gasteiger partial charge in [-0.05, 0) is 44.5 Å². The van der Waals surface area contributed by atoms with Gasteiger partial charge in [-0.3, -0.25) is 0 Å². The Labute approximate surface area is 128 Å². The van der Waals surface area contributed by atoms with Crippen LogP contribution in [0.4, 0.5) is 5.69 Å². The summed E-state index contributed by atoms with van der Waals surface area (Å²) >= 11 is 1.64. The van der Waals surface area contributed by atoms with Crippen LogP contribution in [0.15, 0.2) is 57.5 Å². The number of rotatable bonds is 3.